The third-order valence-electron chi connectivity index (χ3n) is 12.2. The molecule has 0 aromatic rings. The van der Waals surface area contributed by atoms with Gasteiger partial charge in [0.05, 0.1) is 25.4 Å². The summed E-state index contributed by atoms with van der Waals surface area (Å²) in [6.07, 6.45) is 52.1. The number of hydrogen-bond donors (Lipinski definition) is 3. The quantitative estimate of drug-likeness (QED) is 0.0420. The molecule has 6 heteroatoms. The summed E-state index contributed by atoms with van der Waals surface area (Å²) in [5, 5.41) is 23.2. The van der Waals surface area contributed by atoms with Crippen molar-refractivity contribution in [3.05, 3.63) is 0 Å². The Kier molecular flexibility index (Phi) is 46.6. The molecule has 0 aromatic carbocycles. The first-order chi connectivity index (χ1) is 28.0. The molecule has 0 aliphatic heterocycles. The molecule has 0 aliphatic carbocycles. The standard InChI is InChI=1S/C51H101NO5/c1-3-5-7-9-11-13-15-17-19-21-25-29-33-37-41-45-51(56)57-46-42-38-34-30-26-22-24-28-32-36-40-44-50(55)52-48(47-53)49(54)43-39-35-31-27-23-20-18-16-14-12-10-8-6-4-2/h48-49,53-54H,3-47H2,1-2H3,(H,52,55). The summed E-state index contributed by atoms with van der Waals surface area (Å²) in [4.78, 5) is 24.5. The van der Waals surface area contributed by atoms with Gasteiger partial charge in [-0.15, -0.1) is 0 Å². The molecule has 0 spiro atoms. The molecule has 0 saturated carbocycles. The van der Waals surface area contributed by atoms with Crippen molar-refractivity contribution in [1.82, 2.24) is 5.32 Å². The molecular formula is C51H101NO5. The Hall–Kier alpha value is -1.14. The number of hydrogen-bond acceptors (Lipinski definition) is 5. The summed E-state index contributed by atoms with van der Waals surface area (Å²) in [6, 6.07) is -0.553. The molecular weight excluding hydrogens is 707 g/mol. The van der Waals surface area contributed by atoms with Crippen molar-refractivity contribution >= 4 is 11.9 Å². The zero-order chi connectivity index (χ0) is 41.5. The van der Waals surface area contributed by atoms with E-state index >= 15 is 0 Å². The number of rotatable bonds is 48. The van der Waals surface area contributed by atoms with Gasteiger partial charge < -0.3 is 20.3 Å². The monoisotopic (exact) mass is 808 g/mol. The highest BCUT2D eigenvalue weighted by Crippen LogP contribution is 2.17. The number of ether oxygens (including phenoxy) is 1. The van der Waals surface area contributed by atoms with Crippen molar-refractivity contribution in [1.29, 1.82) is 0 Å². The number of aliphatic hydroxyl groups excluding tert-OH is 2. The topological polar surface area (TPSA) is 95.9 Å². The summed E-state index contributed by atoms with van der Waals surface area (Å²) in [7, 11) is 0. The number of nitrogens with one attached hydrogen (secondary N) is 1. The smallest absolute Gasteiger partial charge is 0.305 e. The second-order valence-electron chi connectivity index (χ2n) is 17.9. The van der Waals surface area contributed by atoms with E-state index in [1.807, 2.05) is 0 Å². The molecule has 0 rings (SSSR count). The molecule has 0 aliphatic rings. The second kappa shape index (κ2) is 47.5. The van der Waals surface area contributed by atoms with Crippen LogP contribution in [-0.4, -0.2) is 47.4 Å². The van der Waals surface area contributed by atoms with Gasteiger partial charge in [0, 0.05) is 12.8 Å². The fourth-order valence-corrected chi connectivity index (χ4v) is 8.17. The Morgan fingerprint density at radius 2 is 0.719 bits per heavy atom. The average Bonchev–Trinajstić information content (AvgIpc) is 3.21. The molecule has 0 heterocycles. The minimum absolute atomic E-state index is 0.0101. The Balaban J connectivity index is 3.44. The summed E-state index contributed by atoms with van der Waals surface area (Å²) in [6.45, 7) is 4.92. The summed E-state index contributed by atoms with van der Waals surface area (Å²) >= 11 is 0. The fourth-order valence-electron chi connectivity index (χ4n) is 8.17. The van der Waals surface area contributed by atoms with Crippen molar-refractivity contribution in [2.45, 2.75) is 302 Å². The molecule has 57 heavy (non-hydrogen) atoms. The van der Waals surface area contributed by atoms with Gasteiger partial charge in [0.2, 0.25) is 5.91 Å². The molecule has 6 nitrogen and oxygen atoms in total. The average molecular weight is 808 g/mol. The Morgan fingerprint density at radius 3 is 1.07 bits per heavy atom. The number of carbonyl (C=O) groups is 2. The largest absolute Gasteiger partial charge is 0.466 e. The number of amides is 1. The van der Waals surface area contributed by atoms with Crippen LogP contribution in [0.25, 0.3) is 0 Å². The second-order valence-corrected chi connectivity index (χ2v) is 17.9. The van der Waals surface area contributed by atoms with E-state index in [2.05, 4.69) is 19.2 Å². The summed E-state index contributed by atoms with van der Waals surface area (Å²) in [5.41, 5.74) is 0. The summed E-state index contributed by atoms with van der Waals surface area (Å²) < 4.78 is 5.46. The van der Waals surface area contributed by atoms with E-state index in [4.69, 9.17) is 4.74 Å². The maximum Gasteiger partial charge on any atom is 0.305 e. The molecule has 0 aromatic heterocycles. The molecule has 3 N–H and O–H groups in total. The molecule has 0 fully saturated rings. The van der Waals surface area contributed by atoms with Gasteiger partial charge in [0.15, 0.2) is 0 Å². The lowest BCUT2D eigenvalue weighted by atomic mass is 10.0. The zero-order valence-corrected chi connectivity index (χ0v) is 38.6. The predicted molar refractivity (Wildman–Crippen MR) is 246 cm³/mol. The third-order valence-corrected chi connectivity index (χ3v) is 12.2. The number of aliphatic hydroxyl groups is 2. The minimum atomic E-state index is -0.674. The van der Waals surface area contributed by atoms with Crippen molar-refractivity contribution in [3.63, 3.8) is 0 Å². The van der Waals surface area contributed by atoms with Crippen molar-refractivity contribution in [3.8, 4) is 0 Å². The highest BCUT2D eigenvalue weighted by Gasteiger charge is 2.20. The van der Waals surface area contributed by atoms with Crippen LogP contribution in [0.15, 0.2) is 0 Å². The van der Waals surface area contributed by atoms with E-state index in [-0.39, 0.29) is 18.5 Å². The Labute approximate surface area is 356 Å². The van der Waals surface area contributed by atoms with Crippen LogP contribution in [0.4, 0.5) is 0 Å². The maximum atomic E-state index is 12.4. The van der Waals surface area contributed by atoms with Crippen LogP contribution in [0.5, 0.6) is 0 Å². The predicted octanol–water partition coefficient (Wildman–Crippen LogP) is 15.2. The van der Waals surface area contributed by atoms with Gasteiger partial charge >= 0.3 is 5.97 Å². The van der Waals surface area contributed by atoms with E-state index < -0.39 is 12.1 Å². The van der Waals surface area contributed by atoms with Gasteiger partial charge in [-0.25, -0.2) is 0 Å². The van der Waals surface area contributed by atoms with Crippen LogP contribution in [0.1, 0.15) is 290 Å². The van der Waals surface area contributed by atoms with E-state index in [0.29, 0.717) is 25.9 Å². The minimum Gasteiger partial charge on any atom is -0.466 e. The van der Waals surface area contributed by atoms with Crippen molar-refractivity contribution in [2.75, 3.05) is 13.2 Å². The van der Waals surface area contributed by atoms with Gasteiger partial charge in [-0.05, 0) is 25.7 Å². The van der Waals surface area contributed by atoms with Gasteiger partial charge in [0.1, 0.15) is 0 Å². The van der Waals surface area contributed by atoms with Crippen LogP contribution in [0.3, 0.4) is 0 Å². The highest BCUT2D eigenvalue weighted by atomic mass is 16.5. The molecule has 340 valence electrons. The van der Waals surface area contributed by atoms with Crippen LogP contribution in [-0.2, 0) is 14.3 Å². The van der Waals surface area contributed by atoms with Crippen LogP contribution in [0, 0.1) is 0 Å². The molecule has 0 saturated heterocycles. The molecule has 1 amide bonds. The lowest BCUT2D eigenvalue weighted by molar-refractivity contribution is -0.143. The molecule has 0 radical (unpaired) electrons. The van der Waals surface area contributed by atoms with Gasteiger partial charge in [0.25, 0.3) is 0 Å². The fraction of sp³-hybridized carbons (Fsp3) is 0.961. The third kappa shape index (κ3) is 44.2. The molecule has 2 atom stereocenters. The van der Waals surface area contributed by atoms with Crippen LogP contribution < -0.4 is 5.32 Å². The molecule has 0 bridgehead atoms. The lowest BCUT2D eigenvalue weighted by Crippen LogP contribution is -2.45. The van der Waals surface area contributed by atoms with Crippen molar-refractivity contribution in [2.24, 2.45) is 0 Å². The van der Waals surface area contributed by atoms with Crippen LogP contribution in [0.2, 0.25) is 0 Å². The molecule has 2 unspecified atom stereocenters. The summed E-state index contributed by atoms with van der Waals surface area (Å²) in [5.74, 6) is -0.0619. The number of carbonyl (C=O) groups excluding carboxylic acids is 2. The first kappa shape index (κ1) is 55.9. The zero-order valence-electron chi connectivity index (χ0n) is 38.6. The number of unbranched alkanes of at least 4 members (excludes halogenated alkanes) is 37. The van der Waals surface area contributed by atoms with Gasteiger partial charge in [-0.1, -0.05) is 251 Å². The Bertz CT molecular complexity index is 806. The highest BCUT2D eigenvalue weighted by molar-refractivity contribution is 5.76. The van der Waals surface area contributed by atoms with E-state index in [9.17, 15) is 19.8 Å². The normalized spacial score (nSPS) is 12.6. The van der Waals surface area contributed by atoms with Crippen LogP contribution >= 0.6 is 0 Å². The number of esters is 1. The van der Waals surface area contributed by atoms with E-state index in [0.717, 1.165) is 57.8 Å². The van der Waals surface area contributed by atoms with E-state index in [1.165, 1.54) is 199 Å². The lowest BCUT2D eigenvalue weighted by Gasteiger charge is -2.22. The Morgan fingerprint density at radius 1 is 0.421 bits per heavy atom. The van der Waals surface area contributed by atoms with Gasteiger partial charge in [-0.3, -0.25) is 9.59 Å². The first-order valence-electron chi connectivity index (χ1n) is 25.8. The SMILES string of the molecule is CCCCCCCCCCCCCCCCCC(=O)OCCCCCCCCCCCCCC(=O)NC(CO)C(O)CCCCCCCCCCCCCCCC. The van der Waals surface area contributed by atoms with Gasteiger partial charge in [-0.2, -0.15) is 0 Å². The van der Waals surface area contributed by atoms with Crippen molar-refractivity contribution < 1.29 is 24.5 Å². The van der Waals surface area contributed by atoms with E-state index in [1.54, 1.807) is 0 Å². The first-order valence-corrected chi connectivity index (χ1v) is 25.8. The maximum absolute atomic E-state index is 12.4.